The molecule has 94 valence electrons. The number of pyridine rings is 1. The van der Waals surface area contributed by atoms with Gasteiger partial charge in [0, 0.05) is 18.3 Å². The van der Waals surface area contributed by atoms with Crippen molar-refractivity contribution in [3.05, 3.63) is 47.9 Å². The molecule has 0 atom stereocenters. The van der Waals surface area contributed by atoms with E-state index >= 15 is 0 Å². The number of hydrogen-bond acceptors (Lipinski definition) is 3. The number of benzene rings is 1. The van der Waals surface area contributed by atoms with E-state index in [1.165, 1.54) is 6.07 Å². The lowest BCUT2D eigenvalue weighted by Gasteiger charge is -2.10. The first-order chi connectivity index (χ1) is 8.56. The van der Waals surface area contributed by atoms with Crippen LogP contribution in [-0.4, -0.2) is 4.98 Å². The average molecular weight is 246 g/mol. The van der Waals surface area contributed by atoms with Crippen molar-refractivity contribution in [2.24, 2.45) is 0 Å². The van der Waals surface area contributed by atoms with Crippen LogP contribution in [-0.2, 0) is 0 Å². The Morgan fingerprint density at radius 2 is 1.89 bits per heavy atom. The maximum atomic E-state index is 13.8. The summed E-state index contributed by atoms with van der Waals surface area (Å²) in [5, 5.41) is 0. The predicted octanol–water partition coefficient (Wildman–Crippen LogP) is 3.72. The SMILES string of the molecule is CC(C)c1ccc(Oc2ccnc(N)c2)cc1F. The van der Waals surface area contributed by atoms with Gasteiger partial charge in [-0.2, -0.15) is 0 Å². The summed E-state index contributed by atoms with van der Waals surface area (Å²) in [6.07, 6.45) is 1.55. The standard InChI is InChI=1S/C14H15FN2O/c1-9(2)12-4-3-10(7-13(12)15)18-11-5-6-17-14(16)8-11/h3-9H,1-2H3,(H2,16,17). The van der Waals surface area contributed by atoms with Gasteiger partial charge in [-0.15, -0.1) is 0 Å². The number of rotatable bonds is 3. The summed E-state index contributed by atoms with van der Waals surface area (Å²) < 4.78 is 19.3. The van der Waals surface area contributed by atoms with Crippen molar-refractivity contribution in [3.63, 3.8) is 0 Å². The van der Waals surface area contributed by atoms with E-state index in [4.69, 9.17) is 10.5 Å². The van der Waals surface area contributed by atoms with Crippen molar-refractivity contribution in [1.82, 2.24) is 4.98 Å². The molecule has 1 heterocycles. The van der Waals surface area contributed by atoms with E-state index in [-0.39, 0.29) is 11.7 Å². The first-order valence-corrected chi connectivity index (χ1v) is 5.75. The molecule has 0 aliphatic carbocycles. The van der Waals surface area contributed by atoms with Gasteiger partial charge in [-0.25, -0.2) is 9.37 Å². The number of nitrogens with two attached hydrogens (primary N) is 1. The van der Waals surface area contributed by atoms with Crippen molar-refractivity contribution in [3.8, 4) is 11.5 Å². The smallest absolute Gasteiger partial charge is 0.132 e. The topological polar surface area (TPSA) is 48.1 Å². The molecule has 0 fully saturated rings. The third-order valence-electron chi connectivity index (χ3n) is 2.58. The molecule has 0 saturated carbocycles. The molecular weight excluding hydrogens is 231 g/mol. The fraction of sp³-hybridized carbons (Fsp3) is 0.214. The predicted molar refractivity (Wildman–Crippen MR) is 69.2 cm³/mol. The molecule has 0 bridgehead atoms. The molecule has 2 N–H and O–H groups in total. The summed E-state index contributed by atoms with van der Waals surface area (Å²) in [5.41, 5.74) is 6.22. The van der Waals surface area contributed by atoms with E-state index in [9.17, 15) is 4.39 Å². The zero-order valence-electron chi connectivity index (χ0n) is 10.4. The van der Waals surface area contributed by atoms with Gasteiger partial charge < -0.3 is 10.5 Å². The average Bonchev–Trinajstić information content (AvgIpc) is 2.28. The zero-order valence-corrected chi connectivity index (χ0v) is 10.4. The number of nitrogen functional groups attached to an aromatic ring is 1. The number of nitrogens with zero attached hydrogens (tertiary/aromatic N) is 1. The van der Waals surface area contributed by atoms with Crippen LogP contribution in [0.15, 0.2) is 36.5 Å². The largest absolute Gasteiger partial charge is 0.457 e. The Hall–Kier alpha value is -2.10. The summed E-state index contributed by atoms with van der Waals surface area (Å²) in [7, 11) is 0. The Bertz CT molecular complexity index is 555. The van der Waals surface area contributed by atoms with Crippen molar-refractivity contribution >= 4 is 5.82 Å². The molecule has 0 radical (unpaired) electrons. The Morgan fingerprint density at radius 3 is 2.50 bits per heavy atom. The molecule has 1 aromatic carbocycles. The van der Waals surface area contributed by atoms with Gasteiger partial charge in [0.1, 0.15) is 23.1 Å². The number of anilines is 1. The lowest BCUT2D eigenvalue weighted by molar-refractivity contribution is 0.474. The van der Waals surface area contributed by atoms with Crippen molar-refractivity contribution < 1.29 is 9.13 Å². The Balaban J connectivity index is 2.23. The molecule has 2 rings (SSSR count). The fourth-order valence-electron chi connectivity index (χ4n) is 1.67. The van der Waals surface area contributed by atoms with Crippen LogP contribution in [0.25, 0.3) is 0 Å². The highest BCUT2D eigenvalue weighted by Gasteiger charge is 2.08. The Kier molecular flexibility index (Phi) is 3.46. The van der Waals surface area contributed by atoms with Crippen molar-refractivity contribution in [2.75, 3.05) is 5.73 Å². The van der Waals surface area contributed by atoms with Crippen LogP contribution in [0.2, 0.25) is 0 Å². The quantitative estimate of drug-likeness (QED) is 0.897. The Labute approximate surface area is 105 Å². The molecule has 0 amide bonds. The second kappa shape index (κ2) is 5.04. The van der Waals surface area contributed by atoms with E-state index in [1.807, 2.05) is 13.8 Å². The van der Waals surface area contributed by atoms with Gasteiger partial charge in [0.2, 0.25) is 0 Å². The van der Waals surface area contributed by atoms with Crippen LogP contribution in [0.3, 0.4) is 0 Å². The van der Waals surface area contributed by atoms with Crippen LogP contribution >= 0.6 is 0 Å². The van der Waals surface area contributed by atoms with Crippen LogP contribution in [0.1, 0.15) is 25.3 Å². The van der Waals surface area contributed by atoms with E-state index in [0.717, 1.165) is 0 Å². The van der Waals surface area contributed by atoms with Gasteiger partial charge in [-0.1, -0.05) is 19.9 Å². The normalized spacial score (nSPS) is 10.7. The van der Waals surface area contributed by atoms with Gasteiger partial charge in [-0.05, 0) is 23.6 Å². The maximum absolute atomic E-state index is 13.8. The van der Waals surface area contributed by atoms with Gasteiger partial charge in [0.15, 0.2) is 0 Å². The van der Waals surface area contributed by atoms with Crippen molar-refractivity contribution in [1.29, 1.82) is 0 Å². The lowest BCUT2D eigenvalue weighted by atomic mass is 10.0. The van der Waals surface area contributed by atoms with Gasteiger partial charge in [0.05, 0.1) is 0 Å². The monoisotopic (exact) mass is 246 g/mol. The highest BCUT2D eigenvalue weighted by atomic mass is 19.1. The van der Waals surface area contributed by atoms with Crippen LogP contribution < -0.4 is 10.5 Å². The molecule has 3 nitrogen and oxygen atoms in total. The second-order valence-corrected chi connectivity index (χ2v) is 4.36. The third kappa shape index (κ3) is 2.77. The highest BCUT2D eigenvalue weighted by molar-refractivity contribution is 5.39. The summed E-state index contributed by atoms with van der Waals surface area (Å²) in [5.74, 6) is 1.24. The first-order valence-electron chi connectivity index (χ1n) is 5.75. The molecular formula is C14H15FN2O. The number of hydrogen-bond donors (Lipinski definition) is 1. The van der Waals surface area contributed by atoms with Crippen LogP contribution in [0.5, 0.6) is 11.5 Å². The summed E-state index contributed by atoms with van der Waals surface area (Å²) >= 11 is 0. The number of aromatic nitrogens is 1. The van der Waals surface area contributed by atoms with E-state index in [2.05, 4.69) is 4.98 Å². The molecule has 0 spiro atoms. The molecule has 0 aliphatic rings. The van der Waals surface area contributed by atoms with Gasteiger partial charge in [-0.3, -0.25) is 0 Å². The van der Waals surface area contributed by atoms with Gasteiger partial charge in [0.25, 0.3) is 0 Å². The fourth-order valence-corrected chi connectivity index (χ4v) is 1.67. The minimum Gasteiger partial charge on any atom is -0.457 e. The summed E-state index contributed by atoms with van der Waals surface area (Å²) in [6.45, 7) is 3.89. The van der Waals surface area contributed by atoms with E-state index in [1.54, 1.807) is 30.5 Å². The molecule has 1 aromatic heterocycles. The minimum absolute atomic E-state index is 0.149. The van der Waals surface area contributed by atoms with Crippen LogP contribution in [0, 0.1) is 5.82 Å². The second-order valence-electron chi connectivity index (χ2n) is 4.36. The van der Waals surface area contributed by atoms with Crippen LogP contribution in [0.4, 0.5) is 10.2 Å². The van der Waals surface area contributed by atoms with Crippen molar-refractivity contribution in [2.45, 2.75) is 19.8 Å². The zero-order chi connectivity index (χ0) is 13.1. The molecule has 0 unspecified atom stereocenters. The molecule has 0 aliphatic heterocycles. The third-order valence-corrected chi connectivity index (χ3v) is 2.58. The molecule has 18 heavy (non-hydrogen) atoms. The Morgan fingerprint density at radius 1 is 1.17 bits per heavy atom. The van der Waals surface area contributed by atoms with Gasteiger partial charge >= 0.3 is 0 Å². The van der Waals surface area contributed by atoms with E-state index < -0.39 is 0 Å². The highest BCUT2D eigenvalue weighted by Crippen LogP contribution is 2.26. The first kappa shape index (κ1) is 12.4. The van der Waals surface area contributed by atoms with E-state index in [0.29, 0.717) is 22.9 Å². The summed E-state index contributed by atoms with van der Waals surface area (Å²) in [4.78, 5) is 3.86. The lowest BCUT2D eigenvalue weighted by Crippen LogP contribution is -1.94. The molecule has 0 saturated heterocycles. The summed E-state index contributed by atoms with van der Waals surface area (Å²) in [6, 6.07) is 8.12. The number of ether oxygens (including phenoxy) is 1. The minimum atomic E-state index is -0.260. The molecule has 2 aromatic rings. The molecule has 4 heteroatoms. The maximum Gasteiger partial charge on any atom is 0.132 e. The number of halogens is 1.